The molecule has 0 aliphatic carbocycles. The molecule has 30 heavy (non-hydrogen) atoms. The lowest BCUT2D eigenvalue weighted by atomic mass is 10.2. The van der Waals surface area contributed by atoms with Crippen LogP contribution in [0.5, 0.6) is 0 Å². The maximum absolute atomic E-state index is 12.6. The lowest BCUT2D eigenvalue weighted by Crippen LogP contribution is -2.48. The fourth-order valence-electron chi connectivity index (χ4n) is 3.66. The van der Waals surface area contributed by atoms with E-state index in [2.05, 4.69) is 44.5 Å². The van der Waals surface area contributed by atoms with E-state index in [-0.39, 0.29) is 5.91 Å². The standard InChI is InChI=1S/C23H26ClN5O/c24-21-8-6-20(7-9-21)17-29-22(10-11-25-29)26-23(30)18-28-14-12-27(13-15-28)16-19-4-2-1-3-5-19/h1-11H,12-18H2,(H,26,30). The number of aromatic nitrogens is 2. The summed E-state index contributed by atoms with van der Waals surface area (Å²) >= 11 is 5.95. The van der Waals surface area contributed by atoms with Crippen molar-refractivity contribution < 1.29 is 4.79 Å². The van der Waals surface area contributed by atoms with Crippen molar-refractivity contribution in [1.82, 2.24) is 19.6 Å². The second-order valence-electron chi connectivity index (χ2n) is 7.59. The van der Waals surface area contributed by atoms with Crippen molar-refractivity contribution in [3.05, 3.63) is 83.0 Å². The van der Waals surface area contributed by atoms with Gasteiger partial charge < -0.3 is 5.32 Å². The Balaban J connectivity index is 1.25. The first-order chi connectivity index (χ1) is 14.7. The monoisotopic (exact) mass is 423 g/mol. The smallest absolute Gasteiger partial charge is 0.239 e. The maximum atomic E-state index is 12.6. The molecule has 1 saturated heterocycles. The molecule has 1 aromatic heterocycles. The van der Waals surface area contributed by atoms with Gasteiger partial charge in [0.1, 0.15) is 5.82 Å². The summed E-state index contributed by atoms with van der Waals surface area (Å²) in [6.07, 6.45) is 1.70. The molecular formula is C23H26ClN5O. The fraction of sp³-hybridized carbons (Fsp3) is 0.304. The normalized spacial score (nSPS) is 15.2. The van der Waals surface area contributed by atoms with Crippen molar-refractivity contribution in [2.24, 2.45) is 0 Å². The highest BCUT2D eigenvalue weighted by Crippen LogP contribution is 2.14. The highest BCUT2D eigenvalue weighted by atomic mass is 35.5. The number of carbonyl (C=O) groups is 1. The SMILES string of the molecule is O=C(CN1CCN(Cc2ccccc2)CC1)Nc1ccnn1Cc1ccc(Cl)cc1. The van der Waals surface area contributed by atoms with Crippen LogP contribution < -0.4 is 5.32 Å². The Hall–Kier alpha value is -2.67. The van der Waals surface area contributed by atoms with Gasteiger partial charge in [-0.2, -0.15) is 5.10 Å². The summed E-state index contributed by atoms with van der Waals surface area (Å²) in [4.78, 5) is 17.2. The van der Waals surface area contributed by atoms with Gasteiger partial charge in [0.15, 0.2) is 0 Å². The van der Waals surface area contributed by atoms with E-state index in [1.165, 1.54) is 5.56 Å². The van der Waals surface area contributed by atoms with Crippen molar-refractivity contribution in [1.29, 1.82) is 0 Å². The third-order valence-corrected chi connectivity index (χ3v) is 5.56. The Bertz CT molecular complexity index is 949. The first-order valence-corrected chi connectivity index (χ1v) is 10.6. The van der Waals surface area contributed by atoms with E-state index in [1.807, 2.05) is 36.4 Å². The summed E-state index contributed by atoms with van der Waals surface area (Å²) in [5.74, 6) is 0.696. The Labute approximate surface area is 182 Å². The molecule has 1 aliphatic heterocycles. The topological polar surface area (TPSA) is 53.4 Å². The molecule has 0 spiro atoms. The van der Waals surface area contributed by atoms with E-state index >= 15 is 0 Å². The van der Waals surface area contributed by atoms with Crippen LogP contribution in [0.1, 0.15) is 11.1 Å². The number of hydrogen-bond acceptors (Lipinski definition) is 4. The zero-order chi connectivity index (χ0) is 20.8. The lowest BCUT2D eigenvalue weighted by Gasteiger charge is -2.34. The van der Waals surface area contributed by atoms with Gasteiger partial charge in [0.05, 0.1) is 19.3 Å². The summed E-state index contributed by atoms with van der Waals surface area (Å²) < 4.78 is 1.79. The molecule has 2 heterocycles. The van der Waals surface area contributed by atoms with Gasteiger partial charge in [0.2, 0.25) is 5.91 Å². The number of amides is 1. The number of piperazine rings is 1. The molecular weight excluding hydrogens is 398 g/mol. The fourth-order valence-corrected chi connectivity index (χ4v) is 3.79. The molecule has 0 unspecified atom stereocenters. The van der Waals surface area contributed by atoms with Crippen LogP contribution >= 0.6 is 11.6 Å². The van der Waals surface area contributed by atoms with E-state index in [4.69, 9.17) is 11.6 Å². The minimum Gasteiger partial charge on any atom is -0.310 e. The van der Waals surface area contributed by atoms with Gasteiger partial charge in [-0.25, -0.2) is 4.68 Å². The number of benzene rings is 2. The average Bonchev–Trinajstić information content (AvgIpc) is 3.18. The zero-order valence-electron chi connectivity index (χ0n) is 16.9. The van der Waals surface area contributed by atoms with Crippen molar-refractivity contribution in [2.75, 3.05) is 38.0 Å². The Morgan fingerprint density at radius 3 is 2.27 bits per heavy atom. The number of nitrogens with zero attached hydrogens (tertiary/aromatic N) is 4. The number of hydrogen-bond donors (Lipinski definition) is 1. The molecule has 0 atom stereocenters. The second kappa shape index (κ2) is 9.89. The Kier molecular flexibility index (Phi) is 6.79. The highest BCUT2D eigenvalue weighted by Gasteiger charge is 2.19. The van der Waals surface area contributed by atoms with Crippen molar-refractivity contribution >= 4 is 23.3 Å². The molecule has 4 rings (SSSR count). The summed E-state index contributed by atoms with van der Waals surface area (Å²) in [5, 5.41) is 8.04. The molecule has 156 valence electrons. The first kappa shape index (κ1) is 20.6. The minimum absolute atomic E-state index is 0.00985. The van der Waals surface area contributed by atoms with Crippen LogP contribution in [-0.4, -0.2) is 58.2 Å². The van der Waals surface area contributed by atoms with E-state index < -0.39 is 0 Å². The molecule has 0 saturated carbocycles. The Morgan fingerprint density at radius 1 is 0.867 bits per heavy atom. The number of carbonyl (C=O) groups excluding carboxylic acids is 1. The first-order valence-electron chi connectivity index (χ1n) is 10.2. The minimum atomic E-state index is -0.00985. The highest BCUT2D eigenvalue weighted by molar-refractivity contribution is 6.30. The summed E-state index contributed by atoms with van der Waals surface area (Å²) in [6.45, 7) is 5.66. The molecule has 1 fully saturated rings. The molecule has 3 aromatic rings. The molecule has 1 aliphatic rings. The number of rotatable bonds is 7. The van der Waals surface area contributed by atoms with Crippen molar-refractivity contribution in [3.63, 3.8) is 0 Å². The van der Waals surface area contributed by atoms with Crippen molar-refractivity contribution in [2.45, 2.75) is 13.1 Å². The number of anilines is 1. The van der Waals surface area contributed by atoms with Crippen LogP contribution in [0.2, 0.25) is 5.02 Å². The van der Waals surface area contributed by atoms with E-state index in [0.29, 0.717) is 23.9 Å². The third kappa shape index (κ3) is 5.69. The van der Waals surface area contributed by atoms with Crippen LogP contribution in [0.15, 0.2) is 66.9 Å². The number of nitrogens with one attached hydrogen (secondary N) is 1. The summed E-state index contributed by atoms with van der Waals surface area (Å²) in [7, 11) is 0. The largest absolute Gasteiger partial charge is 0.310 e. The molecule has 7 heteroatoms. The van der Waals surface area contributed by atoms with Gasteiger partial charge in [-0.05, 0) is 23.3 Å². The molecule has 1 N–H and O–H groups in total. The summed E-state index contributed by atoms with van der Waals surface area (Å²) in [6, 6.07) is 20.0. The predicted molar refractivity (Wildman–Crippen MR) is 120 cm³/mol. The second-order valence-corrected chi connectivity index (χ2v) is 8.02. The predicted octanol–water partition coefficient (Wildman–Crippen LogP) is 3.34. The van der Waals surface area contributed by atoms with E-state index in [0.717, 1.165) is 38.3 Å². The average molecular weight is 424 g/mol. The van der Waals surface area contributed by atoms with Crippen LogP contribution in [0, 0.1) is 0 Å². The molecule has 1 amide bonds. The van der Waals surface area contributed by atoms with Crippen molar-refractivity contribution in [3.8, 4) is 0 Å². The summed E-state index contributed by atoms with van der Waals surface area (Å²) in [5.41, 5.74) is 2.41. The van der Waals surface area contributed by atoms with Gasteiger partial charge in [-0.15, -0.1) is 0 Å². The van der Waals surface area contributed by atoms with E-state index in [1.54, 1.807) is 10.9 Å². The van der Waals surface area contributed by atoms with Crippen LogP contribution in [0.4, 0.5) is 5.82 Å². The van der Waals surface area contributed by atoms with Gasteiger partial charge in [0.25, 0.3) is 0 Å². The zero-order valence-corrected chi connectivity index (χ0v) is 17.6. The number of halogens is 1. The third-order valence-electron chi connectivity index (χ3n) is 5.31. The quantitative estimate of drug-likeness (QED) is 0.633. The lowest BCUT2D eigenvalue weighted by molar-refractivity contribution is -0.117. The molecule has 0 bridgehead atoms. The van der Waals surface area contributed by atoms with Gasteiger partial charge in [-0.3, -0.25) is 14.6 Å². The molecule has 6 nitrogen and oxygen atoms in total. The van der Waals surface area contributed by atoms with E-state index in [9.17, 15) is 4.79 Å². The molecule has 0 radical (unpaired) electrons. The van der Waals surface area contributed by atoms with Gasteiger partial charge in [0, 0.05) is 43.8 Å². The van der Waals surface area contributed by atoms with Crippen LogP contribution in [-0.2, 0) is 17.9 Å². The van der Waals surface area contributed by atoms with Crippen LogP contribution in [0.25, 0.3) is 0 Å². The maximum Gasteiger partial charge on any atom is 0.239 e. The Morgan fingerprint density at radius 2 is 1.53 bits per heavy atom. The van der Waals surface area contributed by atoms with Gasteiger partial charge in [-0.1, -0.05) is 54.1 Å². The van der Waals surface area contributed by atoms with Crippen LogP contribution in [0.3, 0.4) is 0 Å². The molecule has 2 aromatic carbocycles. The van der Waals surface area contributed by atoms with Gasteiger partial charge >= 0.3 is 0 Å².